The Bertz CT molecular complexity index is 511. The molecule has 0 heterocycles. The van der Waals surface area contributed by atoms with Crippen molar-refractivity contribution in [2.45, 2.75) is 44.2 Å². The van der Waals surface area contributed by atoms with E-state index in [1.807, 2.05) is 19.2 Å². The lowest BCUT2D eigenvalue weighted by atomic mass is 9.88. The van der Waals surface area contributed by atoms with E-state index < -0.39 is 0 Å². The number of carbonyl (C=O) groups is 1. The van der Waals surface area contributed by atoms with Crippen molar-refractivity contribution in [2.75, 3.05) is 13.7 Å². The lowest BCUT2D eigenvalue weighted by Crippen LogP contribution is -2.33. The summed E-state index contributed by atoms with van der Waals surface area (Å²) >= 11 is 0. The van der Waals surface area contributed by atoms with Gasteiger partial charge in [-0.1, -0.05) is 6.07 Å². The monoisotopic (exact) mass is 274 g/mol. The van der Waals surface area contributed by atoms with Gasteiger partial charge >= 0.3 is 0 Å². The molecule has 0 aliphatic heterocycles. The van der Waals surface area contributed by atoms with E-state index in [4.69, 9.17) is 10.5 Å². The molecule has 1 aromatic carbocycles. The topological polar surface area (TPSA) is 55.6 Å². The van der Waals surface area contributed by atoms with Gasteiger partial charge in [-0.05, 0) is 55.4 Å². The maximum absolute atomic E-state index is 11.9. The number of aryl methyl sites for hydroxylation is 1. The molecule has 0 saturated heterocycles. The Morgan fingerprint density at radius 3 is 2.95 bits per heavy atom. The van der Waals surface area contributed by atoms with Gasteiger partial charge in [0.1, 0.15) is 5.75 Å². The highest BCUT2D eigenvalue weighted by molar-refractivity contribution is 5.78. The zero-order valence-corrected chi connectivity index (χ0v) is 12.0. The van der Waals surface area contributed by atoms with Crippen LogP contribution in [0.4, 0.5) is 0 Å². The fraction of sp³-hybridized carbons (Fsp3) is 0.562. The van der Waals surface area contributed by atoms with E-state index >= 15 is 0 Å². The third-order valence-electron chi connectivity index (χ3n) is 4.33. The van der Waals surface area contributed by atoms with Crippen LogP contribution in [-0.2, 0) is 11.2 Å². The minimum Gasteiger partial charge on any atom is -0.484 e. The van der Waals surface area contributed by atoms with E-state index in [0.29, 0.717) is 6.04 Å². The average molecular weight is 274 g/mol. The highest BCUT2D eigenvalue weighted by Crippen LogP contribution is 2.31. The molecule has 1 atom stereocenters. The average Bonchev–Trinajstić information content (AvgIpc) is 3.29. The van der Waals surface area contributed by atoms with Crippen LogP contribution in [-0.4, -0.2) is 30.5 Å². The summed E-state index contributed by atoms with van der Waals surface area (Å²) in [6, 6.07) is 6.57. The molecule has 0 spiro atoms. The minimum absolute atomic E-state index is 0.0505. The Hall–Kier alpha value is -1.55. The van der Waals surface area contributed by atoms with E-state index in [-0.39, 0.29) is 18.6 Å². The predicted molar refractivity (Wildman–Crippen MR) is 77.6 cm³/mol. The normalized spacial score (nSPS) is 21.2. The molecule has 2 N–H and O–H groups in total. The van der Waals surface area contributed by atoms with Gasteiger partial charge in [-0.2, -0.15) is 0 Å². The molecule has 1 unspecified atom stereocenters. The Kier molecular flexibility index (Phi) is 3.66. The van der Waals surface area contributed by atoms with Crippen LogP contribution < -0.4 is 10.5 Å². The Balaban J connectivity index is 1.63. The van der Waals surface area contributed by atoms with Crippen LogP contribution in [0.25, 0.3) is 0 Å². The quantitative estimate of drug-likeness (QED) is 0.914. The van der Waals surface area contributed by atoms with Gasteiger partial charge in [0, 0.05) is 19.1 Å². The third-order valence-corrected chi connectivity index (χ3v) is 4.33. The molecule has 20 heavy (non-hydrogen) atoms. The molecule has 2 aliphatic rings. The number of hydrogen-bond acceptors (Lipinski definition) is 3. The summed E-state index contributed by atoms with van der Waals surface area (Å²) in [5.74, 6) is 0.799. The van der Waals surface area contributed by atoms with Crippen LogP contribution in [0.3, 0.4) is 0 Å². The van der Waals surface area contributed by atoms with Gasteiger partial charge < -0.3 is 15.4 Å². The summed E-state index contributed by atoms with van der Waals surface area (Å²) in [4.78, 5) is 13.7. The number of ether oxygens (including phenoxy) is 1. The predicted octanol–water partition coefficient (Wildman–Crippen LogP) is 2.02. The minimum atomic E-state index is 0.0505. The summed E-state index contributed by atoms with van der Waals surface area (Å²) in [6.07, 6.45) is 5.51. The molecular weight excluding hydrogens is 252 g/mol. The number of nitrogens with two attached hydrogens (primary N) is 1. The van der Waals surface area contributed by atoms with E-state index in [0.717, 1.165) is 37.9 Å². The van der Waals surface area contributed by atoms with E-state index in [9.17, 15) is 4.79 Å². The van der Waals surface area contributed by atoms with Crippen LogP contribution >= 0.6 is 0 Å². The van der Waals surface area contributed by atoms with Crippen LogP contribution in [0.2, 0.25) is 0 Å². The lowest BCUT2D eigenvalue weighted by molar-refractivity contribution is -0.132. The highest BCUT2D eigenvalue weighted by Gasteiger charge is 2.29. The zero-order chi connectivity index (χ0) is 14.1. The molecule has 0 aromatic heterocycles. The Labute approximate surface area is 119 Å². The van der Waals surface area contributed by atoms with Gasteiger partial charge in [0.2, 0.25) is 0 Å². The van der Waals surface area contributed by atoms with Crippen molar-refractivity contribution < 1.29 is 9.53 Å². The molecule has 3 rings (SSSR count). The molecule has 4 nitrogen and oxygen atoms in total. The molecule has 2 aliphatic carbocycles. The largest absolute Gasteiger partial charge is 0.484 e. The molecule has 108 valence electrons. The number of fused-ring (bicyclic) bond motifs is 1. The smallest absolute Gasteiger partial charge is 0.260 e. The summed E-state index contributed by atoms with van der Waals surface area (Å²) in [5.41, 5.74) is 8.63. The van der Waals surface area contributed by atoms with Gasteiger partial charge in [0.05, 0.1) is 0 Å². The molecule has 1 saturated carbocycles. The molecular formula is C16H22N2O2. The molecule has 1 fully saturated rings. The number of amides is 1. The fourth-order valence-electron chi connectivity index (χ4n) is 2.82. The van der Waals surface area contributed by atoms with Crippen LogP contribution in [0.5, 0.6) is 5.75 Å². The third kappa shape index (κ3) is 2.80. The van der Waals surface area contributed by atoms with E-state index in [2.05, 4.69) is 6.07 Å². The second-order valence-corrected chi connectivity index (χ2v) is 5.88. The van der Waals surface area contributed by atoms with Crippen LogP contribution in [0.1, 0.15) is 42.9 Å². The Morgan fingerprint density at radius 1 is 1.40 bits per heavy atom. The van der Waals surface area contributed by atoms with Crippen molar-refractivity contribution in [3.63, 3.8) is 0 Å². The van der Waals surface area contributed by atoms with Gasteiger partial charge in [0.25, 0.3) is 5.91 Å². The van der Waals surface area contributed by atoms with Gasteiger partial charge in [-0.15, -0.1) is 0 Å². The lowest BCUT2D eigenvalue weighted by Gasteiger charge is -2.23. The van der Waals surface area contributed by atoms with Crippen molar-refractivity contribution in [3.8, 4) is 5.75 Å². The SMILES string of the molecule is CN(C(=O)COc1ccc2c(c1)C(N)CCC2)C1CC1. The first-order valence-corrected chi connectivity index (χ1v) is 7.42. The number of benzene rings is 1. The number of likely N-dealkylation sites (N-methyl/N-ethyl adjacent to an activating group) is 1. The second kappa shape index (κ2) is 5.44. The highest BCUT2D eigenvalue weighted by atomic mass is 16.5. The summed E-state index contributed by atoms with van der Waals surface area (Å²) in [5, 5.41) is 0. The number of carbonyl (C=O) groups excluding carboxylic acids is 1. The van der Waals surface area contributed by atoms with Crippen molar-refractivity contribution in [3.05, 3.63) is 29.3 Å². The molecule has 1 amide bonds. The first kappa shape index (κ1) is 13.4. The van der Waals surface area contributed by atoms with Crippen molar-refractivity contribution >= 4 is 5.91 Å². The maximum Gasteiger partial charge on any atom is 0.260 e. The summed E-state index contributed by atoms with van der Waals surface area (Å²) < 4.78 is 5.63. The molecule has 1 aromatic rings. The van der Waals surface area contributed by atoms with Crippen molar-refractivity contribution in [1.82, 2.24) is 4.90 Å². The zero-order valence-electron chi connectivity index (χ0n) is 12.0. The standard InChI is InChI=1S/C16H22N2O2/c1-18(12-6-7-12)16(19)10-20-13-8-5-11-3-2-4-15(17)14(11)9-13/h5,8-9,12,15H,2-4,6-7,10,17H2,1H3. The van der Waals surface area contributed by atoms with Crippen LogP contribution in [0.15, 0.2) is 18.2 Å². The van der Waals surface area contributed by atoms with Gasteiger partial charge in [-0.25, -0.2) is 0 Å². The molecule has 0 bridgehead atoms. The number of nitrogens with zero attached hydrogens (tertiary/aromatic N) is 1. The fourth-order valence-corrected chi connectivity index (χ4v) is 2.82. The van der Waals surface area contributed by atoms with Gasteiger partial charge in [-0.3, -0.25) is 4.79 Å². The molecule has 4 heteroatoms. The van der Waals surface area contributed by atoms with Crippen LogP contribution in [0, 0.1) is 0 Å². The first-order chi connectivity index (χ1) is 9.65. The Morgan fingerprint density at radius 2 is 2.20 bits per heavy atom. The first-order valence-electron chi connectivity index (χ1n) is 7.42. The number of hydrogen-bond donors (Lipinski definition) is 1. The van der Waals surface area contributed by atoms with E-state index in [1.165, 1.54) is 11.1 Å². The van der Waals surface area contributed by atoms with Crippen molar-refractivity contribution in [1.29, 1.82) is 0 Å². The summed E-state index contributed by atoms with van der Waals surface area (Å²) in [6.45, 7) is 0.112. The van der Waals surface area contributed by atoms with Crippen molar-refractivity contribution in [2.24, 2.45) is 5.73 Å². The summed E-state index contributed by atoms with van der Waals surface area (Å²) in [7, 11) is 1.85. The van der Waals surface area contributed by atoms with E-state index in [1.54, 1.807) is 4.90 Å². The second-order valence-electron chi connectivity index (χ2n) is 5.88. The molecule has 0 radical (unpaired) electrons. The maximum atomic E-state index is 11.9. The number of rotatable bonds is 4. The van der Waals surface area contributed by atoms with Gasteiger partial charge in [0.15, 0.2) is 6.61 Å².